The summed E-state index contributed by atoms with van der Waals surface area (Å²) in [7, 11) is 0. The molecule has 4 aliphatic rings. The standard InChI is InChI=1S/C26H26FN5O3/c27-25-19-7-3-16(29-19)11-20(25)32(17-4-5-17)24-12-28-26(31-30-24)18-6-1-14(9-21(18)33)15-2-8-22-23(10-15)35-13-34-22/h1-2,6,8-10,12,16-17,19-20,25,29,33H,3-5,7,11,13H2/t16-,19+,20+,25-/m1/s1/i13D2. The van der Waals surface area contributed by atoms with Gasteiger partial charge in [0.05, 0.1) is 17.8 Å². The fraction of sp³-hybridized carbons (Fsp3) is 0.423. The number of aromatic hydroxyl groups is 1. The predicted octanol–water partition coefficient (Wildman–Crippen LogP) is 3.84. The van der Waals surface area contributed by atoms with Crippen LogP contribution < -0.4 is 19.7 Å². The number of benzene rings is 2. The first-order chi connectivity index (χ1) is 17.8. The van der Waals surface area contributed by atoms with Gasteiger partial charge in [-0.3, -0.25) is 0 Å². The molecule has 2 aromatic carbocycles. The lowest BCUT2D eigenvalue weighted by Crippen LogP contribution is -2.57. The molecule has 2 saturated heterocycles. The zero-order chi connectivity index (χ0) is 25.3. The van der Waals surface area contributed by atoms with Gasteiger partial charge >= 0.3 is 0 Å². The Balaban J connectivity index is 1.13. The summed E-state index contributed by atoms with van der Waals surface area (Å²) in [4.78, 5) is 6.58. The molecule has 2 N–H and O–H groups in total. The summed E-state index contributed by atoms with van der Waals surface area (Å²) < 4.78 is 40.8. The molecule has 180 valence electrons. The van der Waals surface area contributed by atoms with Crippen LogP contribution in [0.5, 0.6) is 17.2 Å². The topological polar surface area (TPSA) is 92.6 Å². The van der Waals surface area contributed by atoms with Gasteiger partial charge in [-0.2, -0.15) is 0 Å². The molecule has 35 heavy (non-hydrogen) atoms. The number of hydrogen-bond acceptors (Lipinski definition) is 8. The molecule has 3 aliphatic heterocycles. The van der Waals surface area contributed by atoms with Gasteiger partial charge in [0.1, 0.15) is 14.7 Å². The Morgan fingerprint density at radius 2 is 1.86 bits per heavy atom. The molecule has 1 aliphatic carbocycles. The Kier molecular flexibility index (Phi) is 4.33. The number of nitrogens with zero attached hydrogens (tertiary/aromatic N) is 4. The first kappa shape index (κ1) is 18.8. The molecule has 0 radical (unpaired) electrons. The molecule has 1 aromatic heterocycles. The lowest BCUT2D eigenvalue weighted by Gasteiger charge is -2.40. The van der Waals surface area contributed by atoms with E-state index >= 15 is 4.39 Å². The summed E-state index contributed by atoms with van der Waals surface area (Å²) in [6.45, 7) is -2.20. The van der Waals surface area contributed by atoms with E-state index in [0.29, 0.717) is 34.5 Å². The smallest absolute Gasteiger partial charge is 0.231 e. The highest BCUT2D eigenvalue weighted by Crippen LogP contribution is 2.41. The van der Waals surface area contributed by atoms with E-state index in [2.05, 4.69) is 25.4 Å². The van der Waals surface area contributed by atoms with Crippen molar-refractivity contribution in [1.29, 1.82) is 0 Å². The quantitative estimate of drug-likeness (QED) is 0.573. The van der Waals surface area contributed by atoms with Gasteiger partial charge in [0.2, 0.25) is 6.75 Å². The molecule has 0 spiro atoms. The summed E-state index contributed by atoms with van der Waals surface area (Å²) in [5.74, 6) is 1.47. The van der Waals surface area contributed by atoms with E-state index < -0.39 is 12.9 Å². The minimum Gasteiger partial charge on any atom is -0.507 e. The third-order valence-corrected chi connectivity index (χ3v) is 7.48. The Labute approximate surface area is 204 Å². The van der Waals surface area contributed by atoms with E-state index in [1.165, 1.54) is 0 Å². The zero-order valence-corrected chi connectivity index (χ0v) is 18.9. The maximum atomic E-state index is 15.3. The molecule has 4 heterocycles. The number of phenols is 1. The van der Waals surface area contributed by atoms with Gasteiger partial charge in [0.15, 0.2) is 23.1 Å². The van der Waals surface area contributed by atoms with Gasteiger partial charge < -0.3 is 24.8 Å². The number of anilines is 1. The molecule has 8 nitrogen and oxygen atoms in total. The number of ether oxygens (including phenoxy) is 2. The fourth-order valence-electron chi connectivity index (χ4n) is 5.60. The molecule has 3 fully saturated rings. The highest BCUT2D eigenvalue weighted by atomic mass is 19.1. The van der Waals surface area contributed by atoms with E-state index in [9.17, 15) is 5.11 Å². The zero-order valence-electron chi connectivity index (χ0n) is 20.9. The normalized spacial score (nSPS) is 28.9. The van der Waals surface area contributed by atoms with Crippen molar-refractivity contribution in [2.24, 2.45) is 0 Å². The lowest BCUT2D eigenvalue weighted by molar-refractivity contribution is 0.171. The Morgan fingerprint density at radius 1 is 1.03 bits per heavy atom. The van der Waals surface area contributed by atoms with Crippen molar-refractivity contribution in [3.8, 4) is 39.8 Å². The molecular formula is C26H26FN5O3. The van der Waals surface area contributed by atoms with Crippen molar-refractivity contribution in [2.45, 2.75) is 62.4 Å². The third-order valence-electron chi connectivity index (χ3n) is 7.48. The molecule has 4 atom stereocenters. The first-order valence-corrected chi connectivity index (χ1v) is 12.1. The van der Waals surface area contributed by atoms with Crippen LogP contribution in [-0.4, -0.2) is 57.4 Å². The number of piperidine rings is 1. The van der Waals surface area contributed by atoms with Crippen LogP contribution in [0.25, 0.3) is 22.5 Å². The number of nitrogens with one attached hydrogen (secondary N) is 1. The summed E-state index contributed by atoms with van der Waals surface area (Å²) >= 11 is 0. The largest absolute Gasteiger partial charge is 0.507 e. The van der Waals surface area contributed by atoms with Crippen LogP contribution in [0.3, 0.4) is 0 Å². The Morgan fingerprint density at radius 3 is 2.66 bits per heavy atom. The molecule has 1 saturated carbocycles. The van der Waals surface area contributed by atoms with Crippen molar-refractivity contribution in [1.82, 2.24) is 20.5 Å². The van der Waals surface area contributed by atoms with E-state index in [1.807, 2.05) is 6.07 Å². The average Bonchev–Trinajstić information content (AvgIpc) is 3.54. The second-order valence-electron chi connectivity index (χ2n) is 9.75. The number of alkyl halides is 1. The van der Waals surface area contributed by atoms with E-state index in [-0.39, 0.29) is 29.7 Å². The summed E-state index contributed by atoms with van der Waals surface area (Å²) in [6, 6.07) is 10.5. The second-order valence-corrected chi connectivity index (χ2v) is 9.75. The molecule has 9 heteroatoms. The number of phenolic OH excluding ortho intramolecular Hbond substituents is 1. The lowest BCUT2D eigenvalue weighted by atomic mass is 9.96. The maximum absolute atomic E-state index is 15.3. The fourth-order valence-corrected chi connectivity index (χ4v) is 5.60. The van der Waals surface area contributed by atoms with E-state index in [1.54, 1.807) is 36.5 Å². The van der Waals surface area contributed by atoms with Crippen LogP contribution in [0.2, 0.25) is 0 Å². The maximum Gasteiger partial charge on any atom is 0.231 e. The van der Waals surface area contributed by atoms with Gasteiger partial charge in [-0.05, 0) is 67.5 Å². The summed E-state index contributed by atoms with van der Waals surface area (Å²) in [6.07, 6.45) is 5.36. The molecular weight excluding hydrogens is 449 g/mol. The van der Waals surface area contributed by atoms with Crippen molar-refractivity contribution in [3.63, 3.8) is 0 Å². The molecule has 7 rings (SSSR count). The first-order valence-electron chi connectivity index (χ1n) is 13.1. The molecule has 0 amide bonds. The Bertz CT molecular complexity index is 1360. The molecule has 2 bridgehead atoms. The second kappa shape index (κ2) is 8.05. The number of fused-ring (bicyclic) bond motifs is 3. The Hall–Kier alpha value is -3.46. The minimum absolute atomic E-state index is 0.0159. The minimum atomic E-state index is -2.20. The number of hydrogen-bond donors (Lipinski definition) is 2. The van der Waals surface area contributed by atoms with Crippen LogP contribution in [0.1, 0.15) is 34.8 Å². The van der Waals surface area contributed by atoms with Gasteiger partial charge in [0, 0.05) is 18.1 Å². The molecule has 3 aromatic rings. The van der Waals surface area contributed by atoms with Crippen molar-refractivity contribution < 1.29 is 21.7 Å². The number of rotatable bonds is 5. The van der Waals surface area contributed by atoms with Gasteiger partial charge in [0.25, 0.3) is 0 Å². The van der Waals surface area contributed by atoms with Crippen molar-refractivity contribution >= 4 is 5.82 Å². The van der Waals surface area contributed by atoms with E-state index in [4.69, 9.17) is 12.2 Å². The average molecular weight is 478 g/mol. The predicted molar refractivity (Wildman–Crippen MR) is 127 cm³/mol. The van der Waals surface area contributed by atoms with Crippen LogP contribution >= 0.6 is 0 Å². The number of aromatic nitrogens is 3. The summed E-state index contributed by atoms with van der Waals surface area (Å²) in [5, 5.41) is 22.9. The van der Waals surface area contributed by atoms with Crippen LogP contribution in [0, 0.1) is 0 Å². The van der Waals surface area contributed by atoms with Gasteiger partial charge in [-0.1, -0.05) is 12.1 Å². The van der Waals surface area contributed by atoms with Crippen molar-refractivity contribution in [3.05, 3.63) is 42.6 Å². The van der Waals surface area contributed by atoms with E-state index in [0.717, 1.165) is 37.7 Å². The van der Waals surface area contributed by atoms with Crippen LogP contribution in [0.4, 0.5) is 10.2 Å². The monoisotopic (exact) mass is 477 g/mol. The van der Waals surface area contributed by atoms with Crippen LogP contribution in [0.15, 0.2) is 42.6 Å². The van der Waals surface area contributed by atoms with Gasteiger partial charge in [-0.25, -0.2) is 9.37 Å². The van der Waals surface area contributed by atoms with Crippen LogP contribution in [-0.2, 0) is 0 Å². The molecule has 0 unspecified atom stereocenters. The third kappa shape index (κ3) is 3.65. The highest BCUT2D eigenvalue weighted by molar-refractivity contribution is 5.74. The summed E-state index contributed by atoms with van der Waals surface area (Å²) in [5.41, 5.74) is 1.87. The highest BCUT2D eigenvalue weighted by Gasteiger charge is 2.48. The SMILES string of the molecule is [2H]C1([2H])Oc2ccc(-c3ccc(-c4ncc(N(C5CC5)[C@H]5C[C@H]6CC[C@H](N6)[C@H]5F)nn4)c(O)c3)cc2O1. The van der Waals surface area contributed by atoms with Gasteiger partial charge in [-0.15, -0.1) is 10.2 Å². The van der Waals surface area contributed by atoms with Crippen molar-refractivity contribution in [2.75, 3.05) is 11.6 Å². The number of halogens is 1.